The van der Waals surface area contributed by atoms with Gasteiger partial charge >= 0.3 is 0 Å². The zero-order valence-corrected chi connectivity index (χ0v) is 20.3. The summed E-state index contributed by atoms with van der Waals surface area (Å²) in [6.45, 7) is 5.76. The summed E-state index contributed by atoms with van der Waals surface area (Å²) in [5, 5.41) is 7.71. The van der Waals surface area contributed by atoms with Gasteiger partial charge in [-0.3, -0.25) is 9.67 Å². The van der Waals surface area contributed by atoms with Gasteiger partial charge in [0.1, 0.15) is 6.10 Å². The number of nitrogens with zero attached hydrogens (tertiary/aromatic N) is 5. The highest BCUT2D eigenvalue weighted by molar-refractivity contribution is 14.0. The first-order valence-corrected chi connectivity index (χ1v) is 10.4. The van der Waals surface area contributed by atoms with Crippen LogP contribution in [-0.4, -0.2) is 51.9 Å². The molecule has 1 aromatic carbocycles. The van der Waals surface area contributed by atoms with E-state index in [0.717, 1.165) is 48.0 Å². The van der Waals surface area contributed by atoms with Crippen LogP contribution >= 0.6 is 24.0 Å². The number of pyridine rings is 1. The maximum absolute atomic E-state index is 5.98. The lowest BCUT2D eigenvalue weighted by Crippen LogP contribution is -2.48. The van der Waals surface area contributed by atoms with Gasteiger partial charge in [-0.05, 0) is 30.7 Å². The molecule has 3 aromatic rings. The van der Waals surface area contributed by atoms with Crippen molar-refractivity contribution in [2.24, 2.45) is 12.0 Å². The lowest BCUT2D eigenvalue weighted by molar-refractivity contribution is -0.00805. The van der Waals surface area contributed by atoms with Crippen LogP contribution in [0.25, 0.3) is 11.3 Å². The first-order chi connectivity index (χ1) is 14.7. The Morgan fingerprint density at radius 2 is 2.16 bits per heavy atom. The Bertz CT molecular complexity index is 990. The van der Waals surface area contributed by atoms with Gasteiger partial charge in [0, 0.05) is 43.7 Å². The van der Waals surface area contributed by atoms with Gasteiger partial charge in [-0.2, -0.15) is 5.10 Å². The Kier molecular flexibility index (Phi) is 8.42. The standard InChI is InChI=1S/C23H28N6O.HI/c1-3-24-23(29-11-12-30-22(17-29)20-15-27-28(2)16-20)26-14-18-7-6-8-19(13-18)21-9-4-5-10-25-21;/h4-10,13,15-16,22H,3,11-12,14,17H2,1-2H3,(H,24,26);1H. The molecule has 1 aliphatic heterocycles. The van der Waals surface area contributed by atoms with Crippen LogP contribution in [0.3, 0.4) is 0 Å². The van der Waals surface area contributed by atoms with Crippen molar-refractivity contribution in [3.8, 4) is 11.3 Å². The number of nitrogens with one attached hydrogen (secondary N) is 1. The van der Waals surface area contributed by atoms with Crippen molar-refractivity contribution in [2.75, 3.05) is 26.2 Å². The van der Waals surface area contributed by atoms with E-state index in [9.17, 15) is 0 Å². The number of aryl methyl sites for hydroxylation is 1. The van der Waals surface area contributed by atoms with Crippen molar-refractivity contribution in [1.29, 1.82) is 0 Å². The predicted molar refractivity (Wildman–Crippen MR) is 133 cm³/mol. The molecule has 164 valence electrons. The largest absolute Gasteiger partial charge is 0.370 e. The number of benzene rings is 1. The minimum absolute atomic E-state index is 0. The molecule has 2 aromatic heterocycles. The Morgan fingerprint density at radius 3 is 2.90 bits per heavy atom. The van der Waals surface area contributed by atoms with Crippen molar-refractivity contribution in [1.82, 2.24) is 25.0 Å². The predicted octanol–water partition coefficient (Wildman–Crippen LogP) is 3.64. The maximum Gasteiger partial charge on any atom is 0.194 e. The van der Waals surface area contributed by atoms with E-state index in [1.165, 1.54) is 0 Å². The minimum atomic E-state index is 0. The van der Waals surface area contributed by atoms with E-state index in [0.29, 0.717) is 13.2 Å². The molecule has 1 aliphatic rings. The Morgan fingerprint density at radius 1 is 1.26 bits per heavy atom. The van der Waals surface area contributed by atoms with Crippen molar-refractivity contribution in [3.63, 3.8) is 0 Å². The van der Waals surface area contributed by atoms with E-state index in [1.54, 1.807) is 0 Å². The summed E-state index contributed by atoms with van der Waals surface area (Å²) in [4.78, 5) is 11.6. The molecule has 8 heteroatoms. The molecule has 1 N–H and O–H groups in total. The van der Waals surface area contributed by atoms with Gasteiger partial charge in [-0.15, -0.1) is 24.0 Å². The summed E-state index contributed by atoms with van der Waals surface area (Å²) in [6, 6.07) is 14.4. The third-order valence-electron chi connectivity index (χ3n) is 5.10. The number of aromatic nitrogens is 3. The average molecular weight is 532 g/mol. The smallest absolute Gasteiger partial charge is 0.194 e. The molecule has 1 atom stereocenters. The Labute approximate surface area is 200 Å². The highest BCUT2D eigenvalue weighted by atomic mass is 127. The van der Waals surface area contributed by atoms with Crippen molar-refractivity contribution in [2.45, 2.75) is 19.6 Å². The fourth-order valence-corrected chi connectivity index (χ4v) is 3.60. The molecule has 3 heterocycles. The number of halogens is 1. The molecule has 0 aliphatic carbocycles. The third kappa shape index (κ3) is 6.04. The number of guanidine groups is 1. The molecule has 0 bridgehead atoms. The molecular formula is C23H29IN6O. The quantitative estimate of drug-likeness (QED) is 0.309. The van der Waals surface area contributed by atoms with Gasteiger partial charge in [0.25, 0.3) is 0 Å². The summed E-state index contributed by atoms with van der Waals surface area (Å²) < 4.78 is 7.79. The van der Waals surface area contributed by atoms with Gasteiger partial charge in [-0.25, -0.2) is 4.99 Å². The molecule has 0 saturated carbocycles. The topological polar surface area (TPSA) is 67.6 Å². The van der Waals surface area contributed by atoms with Crippen LogP contribution in [0.5, 0.6) is 0 Å². The zero-order valence-electron chi connectivity index (χ0n) is 17.9. The van der Waals surface area contributed by atoms with E-state index < -0.39 is 0 Å². The average Bonchev–Trinajstić information content (AvgIpc) is 3.24. The van der Waals surface area contributed by atoms with Crippen LogP contribution in [0.2, 0.25) is 0 Å². The normalized spacial score (nSPS) is 16.6. The third-order valence-corrected chi connectivity index (χ3v) is 5.10. The van der Waals surface area contributed by atoms with Gasteiger partial charge in [0.2, 0.25) is 0 Å². The molecule has 7 nitrogen and oxygen atoms in total. The number of hydrogen-bond donors (Lipinski definition) is 1. The number of hydrogen-bond acceptors (Lipinski definition) is 4. The summed E-state index contributed by atoms with van der Waals surface area (Å²) in [7, 11) is 1.93. The summed E-state index contributed by atoms with van der Waals surface area (Å²) in [6.07, 6.45) is 5.72. The first kappa shape index (κ1) is 23.2. The van der Waals surface area contributed by atoms with Crippen LogP contribution in [0, 0.1) is 0 Å². The molecule has 31 heavy (non-hydrogen) atoms. The van der Waals surface area contributed by atoms with Gasteiger partial charge in [-0.1, -0.05) is 24.3 Å². The first-order valence-electron chi connectivity index (χ1n) is 10.4. The van der Waals surface area contributed by atoms with Crippen LogP contribution in [-0.2, 0) is 18.3 Å². The van der Waals surface area contributed by atoms with E-state index in [4.69, 9.17) is 9.73 Å². The second kappa shape index (κ2) is 11.2. The van der Waals surface area contributed by atoms with Gasteiger partial charge < -0.3 is 15.0 Å². The van der Waals surface area contributed by atoms with Crippen LogP contribution in [0.15, 0.2) is 66.0 Å². The lowest BCUT2D eigenvalue weighted by atomic mass is 10.1. The fraction of sp³-hybridized carbons (Fsp3) is 0.348. The van der Waals surface area contributed by atoms with Crippen LogP contribution in [0.4, 0.5) is 0 Å². The number of morpholine rings is 1. The van der Waals surface area contributed by atoms with Crippen LogP contribution < -0.4 is 5.32 Å². The second-order valence-corrected chi connectivity index (χ2v) is 7.34. The summed E-state index contributed by atoms with van der Waals surface area (Å²) >= 11 is 0. The molecular weight excluding hydrogens is 503 g/mol. The van der Waals surface area contributed by atoms with E-state index in [1.807, 2.05) is 48.5 Å². The maximum atomic E-state index is 5.98. The number of ether oxygens (including phenoxy) is 1. The Balaban J connectivity index is 0.00000272. The number of aliphatic imine (C=N–C) groups is 1. The lowest BCUT2D eigenvalue weighted by Gasteiger charge is -2.34. The Hall–Kier alpha value is -2.46. The summed E-state index contributed by atoms with van der Waals surface area (Å²) in [5.41, 5.74) is 4.34. The van der Waals surface area contributed by atoms with E-state index in [2.05, 4.69) is 51.5 Å². The SMILES string of the molecule is CCNC(=NCc1cccc(-c2ccccn2)c1)N1CCOC(c2cnn(C)c2)C1.I. The molecule has 1 fully saturated rings. The fourth-order valence-electron chi connectivity index (χ4n) is 3.60. The minimum Gasteiger partial charge on any atom is -0.370 e. The van der Waals surface area contributed by atoms with Gasteiger partial charge in [0.15, 0.2) is 5.96 Å². The number of rotatable bonds is 5. The zero-order chi connectivity index (χ0) is 20.8. The van der Waals surface area contributed by atoms with Crippen molar-refractivity contribution >= 4 is 29.9 Å². The molecule has 4 rings (SSSR count). The molecule has 1 saturated heterocycles. The van der Waals surface area contributed by atoms with Crippen molar-refractivity contribution < 1.29 is 4.74 Å². The molecule has 0 spiro atoms. The van der Waals surface area contributed by atoms with Crippen molar-refractivity contribution in [3.05, 3.63) is 72.2 Å². The van der Waals surface area contributed by atoms with E-state index >= 15 is 0 Å². The van der Waals surface area contributed by atoms with Gasteiger partial charge in [0.05, 0.1) is 31.6 Å². The molecule has 1 unspecified atom stereocenters. The molecule has 0 amide bonds. The monoisotopic (exact) mass is 532 g/mol. The van der Waals surface area contributed by atoms with Crippen LogP contribution in [0.1, 0.15) is 24.2 Å². The second-order valence-electron chi connectivity index (χ2n) is 7.34. The summed E-state index contributed by atoms with van der Waals surface area (Å²) in [5.74, 6) is 0.915. The molecule has 0 radical (unpaired) electrons. The highest BCUT2D eigenvalue weighted by Crippen LogP contribution is 2.22. The highest BCUT2D eigenvalue weighted by Gasteiger charge is 2.25. The van der Waals surface area contributed by atoms with E-state index in [-0.39, 0.29) is 30.1 Å².